The minimum atomic E-state index is -1.12. The fourth-order valence-corrected chi connectivity index (χ4v) is 2.68. The normalized spacial score (nSPS) is 19.7. The second-order valence-electron chi connectivity index (χ2n) is 4.57. The Bertz CT molecular complexity index is 429. The third-order valence-electron chi connectivity index (χ3n) is 3.66. The third-order valence-corrected chi connectivity index (χ3v) is 3.66. The molecule has 1 aromatic heterocycles. The van der Waals surface area contributed by atoms with Crippen LogP contribution in [-0.2, 0) is 10.3 Å². The van der Waals surface area contributed by atoms with Crippen molar-refractivity contribution >= 4 is 5.97 Å². The molecular weight excluding hydrogens is 235 g/mol. The Morgan fingerprint density at radius 2 is 2.17 bits per heavy atom. The van der Waals surface area contributed by atoms with Crippen molar-refractivity contribution < 1.29 is 14.3 Å². The van der Waals surface area contributed by atoms with Crippen LogP contribution < -0.4 is 0 Å². The van der Waals surface area contributed by atoms with Gasteiger partial charge in [-0.2, -0.15) is 0 Å². The van der Waals surface area contributed by atoms with E-state index in [4.69, 9.17) is 0 Å². The molecule has 1 saturated heterocycles. The van der Waals surface area contributed by atoms with Gasteiger partial charge in [0, 0.05) is 0 Å². The number of hydrogen-bond acceptors (Lipinski definition) is 3. The molecule has 0 amide bonds. The topological polar surface area (TPSA) is 53.4 Å². The van der Waals surface area contributed by atoms with Crippen molar-refractivity contribution in [3.63, 3.8) is 0 Å². The highest BCUT2D eigenvalue weighted by molar-refractivity contribution is 5.80. The Balaban J connectivity index is 2.46. The lowest BCUT2D eigenvalue weighted by molar-refractivity contribution is -0.152. The van der Waals surface area contributed by atoms with Gasteiger partial charge in [0.2, 0.25) is 0 Å². The molecule has 1 aliphatic heterocycles. The van der Waals surface area contributed by atoms with E-state index in [1.165, 1.54) is 12.1 Å². The summed E-state index contributed by atoms with van der Waals surface area (Å²) in [6.07, 6.45) is 3.49. The predicted molar refractivity (Wildman–Crippen MR) is 64.6 cm³/mol. The largest absolute Gasteiger partial charge is 0.480 e. The van der Waals surface area contributed by atoms with E-state index in [1.807, 2.05) is 11.8 Å². The zero-order valence-electron chi connectivity index (χ0n) is 10.4. The first-order valence-electron chi connectivity index (χ1n) is 6.21. The number of carbonyl (C=O) groups is 1. The van der Waals surface area contributed by atoms with Crippen LogP contribution in [0, 0.1) is 5.82 Å². The highest BCUT2D eigenvalue weighted by atomic mass is 19.1. The summed E-state index contributed by atoms with van der Waals surface area (Å²) in [5, 5.41) is 9.63. The first kappa shape index (κ1) is 13.0. The van der Waals surface area contributed by atoms with Gasteiger partial charge in [-0.1, -0.05) is 6.92 Å². The molecule has 0 aliphatic carbocycles. The minimum Gasteiger partial charge on any atom is -0.480 e. The molecule has 0 saturated carbocycles. The van der Waals surface area contributed by atoms with Crippen molar-refractivity contribution in [2.45, 2.75) is 31.7 Å². The Kier molecular flexibility index (Phi) is 3.61. The molecule has 4 nitrogen and oxygen atoms in total. The monoisotopic (exact) mass is 252 g/mol. The zero-order valence-corrected chi connectivity index (χ0v) is 10.4. The van der Waals surface area contributed by atoms with Crippen LogP contribution in [0.3, 0.4) is 0 Å². The lowest BCUT2D eigenvalue weighted by atomic mass is 9.89. The number of aliphatic carboxylic acids is 1. The smallest absolute Gasteiger partial charge is 0.330 e. The van der Waals surface area contributed by atoms with E-state index in [1.54, 1.807) is 0 Å². The van der Waals surface area contributed by atoms with Crippen molar-refractivity contribution in [2.24, 2.45) is 0 Å². The summed E-state index contributed by atoms with van der Waals surface area (Å²) in [6, 6.07) is 2.75. The Morgan fingerprint density at radius 1 is 1.50 bits per heavy atom. The molecule has 0 radical (unpaired) electrons. The molecule has 1 aliphatic rings. The summed E-state index contributed by atoms with van der Waals surface area (Å²) in [6.45, 7) is 3.33. The van der Waals surface area contributed by atoms with Crippen molar-refractivity contribution in [2.75, 3.05) is 13.1 Å². The number of carboxylic acid groups (broad SMARTS) is 1. The molecule has 2 rings (SSSR count). The first-order chi connectivity index (χ1) is 8.61. The van der Waals surface area contributed by atoms with E-state index in [0.29, 0.717) is 12.1 Å². The van der Waals surface area contributed by atoms with Gasteiger partial charge in [0.05, 0.1) is 11.9 Å². The van der Waals surface area contributed by atoms with Crippen LogP contribution in [0.2, 0.25) is 0 Å². The molecule has 0 bridgehead atoms. The maximum Gasteiger partial charge on any atom is 0.330 e. The van der Waals surface area contributed by atoms with Gasteiger partial charge in [-0.25, -0.2) is 9.18 Å². The van der Waals surface area contributed by atoms with Crippen LogP contribution >= 0.6 is 0 Å². The van der Waals surface area contributed by atoms with Crippen LogP contribution in [0.5, 0.6) is 0 Å². The number of pyridine rings is 1. The van der Waals surface area contributed by atoms with Gasteiger partial charge in [-0.05, 0) is 44.5 Å². The molecule has 1 fully saturated rings. The van der Waals surface area contributed by atoms with E-state index in [2.05, 4.69) is 4.98 Å². The van der Waals surface area contributed by atoms with E-state index in [-0.39, 0.29) is 0 Å². The Morgan fingerprint density at radius 3 is 2.61 bits per heavy atom. The van der Waals surface area contributed by atoms with Gasteiger partial charge in [0.15, 0.2) is 5.54 Å². The summed E-state index contributed by atoms with van der Waals surface area (Å²) in [5.41, 5.74) is -0.703. The average molecular weight is 252 g/mol. The van der Waals surface area contributed by atoms with Crippen LogP contribution in [0.25, 0.3) is 0 Å². The second-order valence-corrected chi connectivity index (χ2v) is 4.57. The number of likely N-dealkylation sites (tertiary alicyclic amines) is 1. The van der Waals surface area contributed by atoms with E-state index < -0.39 is 17.3 Å². The van der Waals surface area contributed by atoms with E-state index in [9.17, 15) is 14.3 Å². The fourth-order valence-electron chi connectivity index (χ4n) is 2.68. The highest BCUT2D eigenvalue weighted by Crippen LogP contribution is 2.34. The molecule has 0 aromatic carbocycles. The van der Waals surface area contributed by atoms with Crippen LogP contribution in [-0.4, -0.2) is 34.0 Å². The van der Waals surface area contributed by atoms with Crippen molar-refractivity contribution in [3.8, 4) is 0 Å². The minimum absolute atomic E-state index is 0.417. The molecule has 5 heteroatoms. The van der Waals surface area contributed by atoms with Crippen molar-refractivity contribution in [3.05, 3.63) is 29.8 Å². The molecule has 18 heavy (non-hydrogen) atoms. The lowest BCUT2D eigenvalue weighted by Gasteiger charge is -2.36. The number of carboxylic acids is 1. The second kappa shape index (κ2) is 5.02. The number of hydrogen-bond donors (Lipinski definition) is 1. The predicted octanol–water partition coefficient (Wildman–Crippen LogP) is 2.01. The van der Waals surface area contributed by atoms with Crippen LogP contribution in [0.1, 0.15) is 31.9 Å². The number of rotatable bonds is 4. The molecule has 1 N–H and O–H groups in total. The standard InChI is InChI=1S/C13H17FN2O2/c1-2-13(12(17)18,16-7-3-4-8-16)11-6-5-10(14)9-15-11/h5-6,9H,2-4,7-8H2,1H3,(H,17,18). The molecule has 0 spiro atoms. The summed E-state index contributed by atoms with van der Waals surface area (Å²) in [4.78, 5) is 17.7. The molecule has 1 aromatic rings. The maximum absolute atomic E-state index is 12.9. The van der Waals surface area contributed by atoms with Crippen molar-refractivity contribution in [1.29, 1.82) is 0 Å². The van der Waals surface area contributed by atoms with Gasteiger partial charge in [-0.3, -0.25) is 9.88 Å². The lowest BCUT2D eigenvalue weighted by Crippen LogP contribution is -2.51. The summed E-state index contributed by atoms with van der Waals surface area (Å²) in [5.74, 6) is -1.36. The van der Waals surface area contributed by atoms with Gasteiger partial charge < -0.3 is 5.11 Å². The molecule has 2 heterocycles. The zero-order chi connectivity index (χ0) is 13.2. The maximum atomic E-state index is 12.9. The molecule has 98 valence electrons. The number of nitrogens with zero attached hydrogens (tertiary/aromatic N) is 2. The summed E-state index contributed by atoms with van der Waals surface area (Å²) in [7, 11) is 0. The Hall–Kier alpha value is -1.49. The highest BCUT2D eigenvalue weighted by Gasteiger charge is 2.46. The third kappa shape index (κ3) is 1.99. The van der Waals surface area contributed by atoms with Gasteiger partial charge >= 0.3 is 5.97 Å². The Labute approximate surface area is 105 Å². The summed E-state index contributed by atoms with van der Waals surface area (Å²) >= 11 is 0. The molecular formula is C13H17FN2O2. The molecule has 1 unspecified atom stereocenters. The van der Waals surface area contributed by atoms with E-state index in [0.717, 1.165) is 32.1 Å². The SMILES string of the molecule is CCC(C(=O)O)(c1ccc(F)cn1)N1CCCC1. The van der Waals surface area contributed by atoms with Gasteiger partial charge in [0.25, 0.3) is 0 Å². The van der Waals surface area contributed by atoms with Gasteiger partial charge in [0.1, 0.15) is 5.82 Å². The summed E-state index contributed by atoms with van der Waals surface area (Å²) < 4.78 is 12.9. The quantitative estimate of drug-likeness (QED) is 0.890. The number of aromatic nitrogens is 1. The number of halogens is 1. The molecule has 1 atom stereocenters. The van der Waals surface area contributed by atoms with Crippen LogP contribution in [0.4, 0.5) is 4.39 Å². The van der Waals surface area contributed by atoms with Crippen LogP contribution in [0.15, 0.2) is 18.3 Å². The van der Waals surface area contributed by atoms with E-state index >= 15 is 0 Å². The van der Waals surface area contributed by atoms with Crippen molar-refractivity contribution in [1.82, 2.24) is 9.88 Å². The average Bonchev–Trinajstić information content (AvgIpc) is 2.87. The van der Waals surface area contributed by atoms with Gasteiger partial charge in [-0.15, -0.1) is 0 Å². The first-order valence-corrected chi connectivity index (χ1v) is 6.21. The fraction of sp³-hybridized carbons (Fsp3) is 0.538.